The number of nitrogens with zero attached hydrogens (tertiary/aromatic N) is 3. The van der Waals surface area contributed by atoms with E-state index in [0.29, 0.717) is 30.0 Å². The first-order chi connectivity index (χ1) is 15.0. The van der Waals surface area contributed by atoms with Gasteiger partial charge in [-0.1, -0.05) is 24.3 Å². The summed E-state index contributed by atoms with van der Waals surface area (Å²) in [5.41, 5.74) is 2.05. The largest absolute Gasteiger partial charge is 0.497 e. The van der Waals surface area contributed by atoms with Gasteiger partial charge in [-0.2, -0.15) is 5.10 Å². The summed E-state index contributed by atoms with van der Waals surface area (Å²) in [4.78, 5) is 25.5. The van der Waals surface area contributed by atoms with E-state index in [-0.39, 0.29) is 18.0 Å². The number of aryl methyl sites for hydroxylation is 1. The number of rotatable bonds is 7. The highest BCUT2D eigenvalue weighted by Gasteiger charge is 2.17. The predicted octanol–water partition coefficient (Wildman–Crippen LogP) is 2.26. The summed E-state index contributed by atoms with van der Waals surface area (Å²) in [5, 5.41) is 8.72. The number of methoxy groups -OCH3 is 2. The molecule has 0 aliphatic carbocycles. The third kappa shape index (κ3) is 3.84. The average Bonchev–Trinajstić information content (AvgIpc) is 3.10. The van der Waals surface area contributed by atoms with Gasteiger partial charge in [0.05, 0.1) is 20.4 Å². The summed E-state index contributed by atoms with van der Waals surface area (Å²) in [5.74, 6) is 1.26. The molecule has 0 radical (unpaired) electrons. The van der Waals surface area contributed by atoms with Gasteiger partial charge in [0.15, 0.2) is 0 Å². The van der Waals surface area contributed by atoms with Crippen molar-refractivity contribution < 1.29 is 14.3 Å². The number of amides is 1. The van der Waals surface area contributed by atoms with E-state index in [4.69, 9.17) is 9.47 Å². The molecular weight excluding hydrogens is 396 g/mol. The van der Waals surface area contributed by atoms with Crippen molar-refractivity contribution in [3.05, 3.63) is 64.6 Å². The normalized spacial score (nSPS) is 11.1. The highest BCUT2D eigenvalue weighted by atomic mass is 16.5. The lowest BCUT2D eigenvalue weighted by Gasteiger charge is -2.12. The summed E-state index contributed by atoms with van der Waals surface area (Å²) in [7, 11) is 4.81. The molecule has 31 heavy (non-hydrogen) atoms. The van der Waals surface area contributed by atoms with Crippen LogP contribution in [0.3, 0.4) is 0 Å². The first-order valence-corrected chi connectivity index (χ1v) is 9.94. The Bertz CT molecular complexity index is 1320. The van der Waals surface area contributed by atoms with Crippen LogP contribution in [0.25, 0.3) is 21.8 Å². The maximum atomic E-state index is 12.7. The fourth-order valence-electron chi connectivity index (χ4n) is 3.80. The van der Waals surface area contributed by atoms with Crippen molar-refractivity contribution >= 4 is 27.7 Å². The second kappa shape index (κ2) is 8.51. The Morgan fingerprint density at radius 3 is 2.68 bits per heavy atom. The van der Waals surface area contributed by atoms with Crippen LogP contribution < -0.4 is 20.3 Å². The molecule has 160 valence electrons. The molecule has 8 heteroatoms. The van der Waals surface area contributed by atoms with Gasteiger partial charge < -0.3 is 19.4 Å². The maximum Gasteiger partial charge on any atom is 0.291 e. The fraction of sp³-hybridized carbons (Fsp3) is 0.261. The Hall–Kier alpha value is -3.81. The molecule has 8 nitrogen and oxygen atoms in total. The highest BCUT2D eigenvalue weighted by Crippen LogP contribution is 2.26. The van der Waals surface area contributed by atoms with Crippen LogP contribution in [0.2, 0.25) is 0 Å². The van der Waals surface area contributed by atoms with Gasteiger partial charge in [0, 0.05) is 35.9 Å². The lowest BCUT2D eigenvalue weighted by Crippen LogP contribution is -2.30. The van der Waals surface area contributed by atoms with Gasteiger partial charge >= 0.3 is 0 Å². The van der Waals surface area contributed by atoms with E-state index >= 15 is 0 Å². The number of nitrogens with one attached hydrogen (secondary N) is 1. The Morgan fingerprint density at radius 2 is 1.90 bits per heavy atom. The summed E-state index contributed by atoms with van der Waals surface area (Å²) in [6.45, 7) is 0.487. The molecule has 2 aromatic carbocycles. The Balaban J connectivity index is 1.54. The van der Waals surface area contributed by atoms with Crippen LogP contribution >= 0.6 is 0 Å². The number of carbonyl (C=O) groups is 1. The molecule has 0 bridgehead atoms. The number of benzene rings is 2. The van der Waals surface area contributed by atoms with Crippen molar-refractivity contribution in [1.82, 2.24) is 19.7 Å². The molecule has 1 amide bonds. The zero-order valence-corrected chi connectivity index (χ0v) is 17.7. The monoisotopic (exact) mass is 420 g/mol. The van der Waals surface area contributed by atoms with Crippen molar-refractivity contribution in [3.8, 4) is 11.5 Å². The number of fused-ring (bicyclic) bond motifs is 3. The van der Waals surface area contributed by atoms with Gasteiger partial charge in [0.25, 0.3) is 5.56 Å². The second-order valence-corrected chi connectivity index (χ2v) is 7.22. The zero-order chi connectivity index (χ0) is 22.0. The number of para-hydroxylation sites is 1. The first kappa shape index (κ1) is 20.5. The van der Waals surface area contributed by atoms with Gasteiger partial charge in [0.2, 0.25) is 5.91 Å². The molecule has 4 aromatic rings. The van der Waals surface area contributed by atoms with Crippen LogP contribution in [0.1, 0.15) is 5.56 Å². The lowest BCUT2D eigenvalue weighted by atomic mass is 10.1. The molecule has 0 saturated heterocycles. The van der Waals surface area contributed by atoms with Gasteiger partial charge in [0.1, 0.15) is 23.6 Å². The van der Waals surface area contributed by atoms with Crippen LogP contribution in [0.5, 0.6) is 11.5 Å². The number of ether oxygens (including phenoxy) is 2. The van der Waals surface area contributed by atoms with Gasteiger partial charge in [-0.05, 0) is 24.1 Å². The van der Waals surface area contributed by atoms with E-state index in [0.717, 1.165) is 21.9 Å². The maximum absolute atomic E-state index is 12.7. The number of hydrogen-bond donors (Lipinski definition) is 1. The Labute approximate surface area is 179 Å². The predicted molar refractivity (Wildman–Crippen MR) is 119 cm³/mol. The Morgan fingerprint density at radius 1 is 1.10 bits per heavy atom. The molecule has 0 unspecified atom stereocenters. The molecule has 0 atom stereocenters. The third-order valence-corrected chi connectivity index (χ3v) is 5.38. The Kier molecular flexibility index (Phi) is 5.62. The van der Waals surface area contributed by atoms with Gasteiger partial charge in [-0.15, -0.1) is 0 Å². The smallest absolute Gasteiger partial charge is 0.291 e. The minimum Gasteiger partial charge on any atom is -0.497 e. The number of aromatic nitrogens is 3. The van der Waals surface area contributed by atoms with E-state index in [1.807, 2.05) is 42.5 Å². The van der Waals surface area contributed by atoms with Gasteiger partial charge in [-0.25, -0.2) is 4.68 Å². The molecule has 0 fully saturated rings. The van der Waals surface area contributed by atoms with Crippen molar-refractivity contribution in [2.24, 2.45) is 7.05 Å². The molecule has 2 aromatic heterocycles. The SMILES string of the molecule is COc1ccc(CCNC(=O)Cn2c3ccccc3c3cnn(C)c(=O)c32)c(OC)c1. The summed E-state index contributed by atoms with van der Waals surface area (Å²) in [6, 6.07) is 13.2. The third-order valence-electron chi connectivity index (χ3n) is 5.38. The highest BCUT2D eigenvalue weighted by molar-refractivity contribution is 6.07. The number of carbonyl (C=O) groups excluding carboxylic acids is 1. The molecule has 0 spiro atoms. The first-order valence-electron chi connectivity index (χ1n) is 9.94. The summed E-state index contributed by atoms with van der Waals surface area (Å²) >= 11 is 0. The quantitative estimate of drug-likeness (QED) is 0.496. The average molecular weight is 420 g/mol. The van der Waals surface area contributed by atoms with Crippen LogP contribution in [0.4, 0.5) is 0 Å². The molecule has 1 N–H and O–H groups in total. The molecule has 0 aliphatic rings. The van der Waals surface area contributed by atoms with Crippen LogP contribution in [0, 0.1) is 0 Å². The second-order valence-electron chi connectivity index (χ2n) is 7.22. The summed E-state index contributed by atoms with van der Waals surface area (Å²) < 4.78 is 13.7. The van der Waals surface area contributed by atoms with Crippen LogP contribution in [-0.4, -0.2) is 41.0 Å². The van der Waals surface area contributed by atoms with Gasteiger partial charge in [-0.3, -0.25) is 9.59 Å². The number of hydrogen-bond acceptors (Lipinski definition) is 5. The topological polar surface area (TPSA) is 87.4 Å². The summed E-state index contributed by atoms with van der Waals surface area (Å²) in [6.07, 6.45) is 2.28. The lowest BCUT2D eigenvalue weighted by molar-refractivity contribution is -0.121. The van der Waals surface area contributed by atoms with E-state index in [1.54, 1.807) is 32.0 Å². The standard InChI is InChI=1S/C23H24N4O4/c1-26-23(29)22-18(13-25-26)17-6-4-5-7-19(17)27(22)14-21(28)24-11-10-15-8-9-16(30-2)12-20(15)31-3/h4-9,12-13H,10-11,14H2,1-3H3,(H,24,28). The van der Waals surface area contributed by atoms with E-state index in [1.165, 1.54) is 4.68 Å². The zero-order valence-electron chi connectivity index (χ0n) is 17.7. The molecule has 0 aliphatic heterocycles. The van der Waals surface area contributed by atoms with E-state index < -0.39 is 0 Å². The molecule has 2 heterocycles. The van der Waals surface area contributed by atoms with Crippen molar-refractivity contribution in [3.63, 3.8) is 0 Å². The minimum atomic E-state index is -0.232. The van der Waals surface area contributed by atoms with Crippen LogP contribution in [0.15, 0.2) is 53.5 Å². The van der Waals surface area contributed by atoms with Crippen molar-refractivity contribution in [1.29, 1.82) is 0 Å². The molecule has 0 saturated carbocycles. The van der Waals surface area contributed by atoms with E-state index in [2.05, 4.69) is 10.4 Å². The molecular formula is C23H24N4O4. The van der Waals surface area contributed by atoms with Crippen molar-refractivity contribution in [2.45, 2.75) is 13.0 Å². The fourth-order valence-corrected chi connectivity index (χ4v) is 3.80. The van der Waals surface area contributed by atoms with Crippen LogP contribution in [-0.2, 0) is 24.8 Å². The van der Waals surface area contributed by atoms with E-state index in [9.17, 15) is 9.59 Å². The van der Waals surface area contributed by atoms with Crippen molar-refractivity contribution in [2.75, 3.05) is 20.8 Å². The minimum absolute atomic E-state index is 0.0447. The molecule has 4 rings (SSSR count).